The molecule has 1 saturated carbocycles. The van der Waals surface area contributed by atoms with E-state index >= 15 is 0 Å². The van der Waals surface area contributed by atoms with Crippen molar-refractivity contribution in [3.05, 3.63) is 54.6 Å². The molecule has 0 saturated heterocycles. The van der Waals surface area contributed by atoms with E-state index in [1.54, 1.807) is 0 Å². The smallest absolute Gasteiger partial charge is 0.306 e. The van der Waals surface area contributed by atoms with E-state index in [1.807, 2.05) is 56.3 Å². The summed E-state index contributed by atoms with van der Waals surface area (Å²) in [6, 6.07) is 9.69. The minimum absolute atomic E-state index is 0.00782. The van der Waals surface area contributed by atoms with Gasteiger partial charge in [-0.2, -0.15) is 0 Å². The van der Waals surface area contributed by atoms with Gasteiger partial charge >= 0.3 is 5.97 Å². The number of esters is 1. The number of hydrogen-bond donors (Lipinski definition) is 2. The highest BCUT2D eigenvalue weighted by Gasteiger charge is 2.39. The van der Waals surface area contributed by atoms with Crippen LogP contribution in [0.4, 0.5) is 0 Å². The molecule has 1 aromatic rings. The normalized spacial score (nSPS) is 24.2. The number of carbonyl (C=O) groups is 1. The van der Waals surface area contributed by atoms with Gasteiger partial charge in [0.15, 0.2) is 0 Å². The Morgan fingerprint density at radius 2 is 1.87 bits per heavy atom. The number of benzene rings is 1. The molecule has 1 fully saturated rings. The number of carbonyl (C=O) groups excluding carboxylic acids is 1. The van der Waals surface area contributed by atoms with Crippen LogP contribution in [0, 0.1) is 11.8 Å². The molecule has 0 spiro atoms. The van der Waals surface area contributed by atoms with E-state index in [-0.39, 0.29) is 23.9 Å². The van der Waals surface area contributed by atoms with Crippen molar-refractivity contribution >= 4 is 5.97 Å². The maximum absolute atomic E-state index is 11.5. The Morgan fingerprint density at radius 3 is 2.60 bits per heavy atom. The Bertz CT molecular complexity index is 667. The van der Waals surface area contributed by atoms with Crippen LogP contribution in [-0.4, -0.2) is 41.1 Å². The number of para-hydroxylation sites is 1. The summed E-state index contributed by atoms with van der Waals surface area (Å²) >= 11 is 0. The van der Waals surface area contributed by atoms with Crippen LogP contribution in [0.15, 0.2) is 54.6 Å². The van der Waals surface area contributed by atoms with E-state index in [0.29, 0.717) is 25.9 Å². The molecule has 2 rings (SSSR count). The number of ether oxygens (including phenoxy) is 2. The highest BCUT2D eigenvalue weighted by Crippen LogP contribution is 2.36. The van der Waals surface area contributed by atoms with Gasteiger partial charge in [-0.3, -0.25) is 4.79 Å². The van der Waals surface area contributed by atoms with Gasteiger partial charge in [-0.15, -0.1) is 0 Å². The molecule has 1 aliphatic carbocycles. The van der Waals surface area contributed by atoms with E-state index in [0.717, 1.165) is 25.0 Å². The Hall–Kier alpha value is -2.11. The van der Waals surface area contributed by atoms with Gasteiger partial charge in [0, 0.05) is 18.8 Å². The highest BCUT2D eigenvalue weighted by atomic mass is 16.5. The first kappa shape index (κ1) is 24.2. The van der Waals surface area contributed by atoms with Crippen molar-refractivity contribution in [3.8, 4) is 5.75 Å². The monoisotopic (exact) mass is 416 g/mol. The molecule has 0 heterocycles. The molecule has 0 unspecified atom stereocenters. The lowest BCUT2D eigenvalue weighted by atomic mass is 9.90. The summed E-state index contributed by atoms with van der Waals surface area (Å²) < 4.78 is 10.8. The van der Waals surface area contributed by atoms with Crippen LogP contribution >= 0.6 is 0 Å². The third-order valence-corrected chi connectivity index (χ3v) is 5.26. The van der Waals surface area contributed by atoms with Gasteiger partial charge in [0.1, 0.15) is 5.75 Å². The molecule has 0 radical (unpaired) electrons. The van der Waals surface area contributed by atoms with Crippen LogP contribution in [0.3, 0.4) is 0 Å². The molecule has 5 nitrogen and oxygen atoms in total. The van der Waals surface area contributed by atoms with Gasteiger partial charge in [0.05, 0.1) is 24.9 Å². The Labute approximate surface area is 180 Å². The van der Waals surface area contributed by atoms with Gasteiger partial charge in [-0.1, -0.05) is 42.5 Å². The Balaban J connectivity index is 1.70. The molecule has 0 amide bonds. The van der Waals surface area contributed by atoms with Crippen LogP contribution < -0.4 is 4.74 Å². The maximum atomic E-state index is 11.5. The average molecular weight is 417 g/mol. The topological polar surface area (TPSA) is 76.0 Å². The second kappa shape index (κ2) is 13.2. The minimum Gasteiger partial charge on any atom is -0.493 e. The van der Waals surface area contributed by atoms with E-state index in [9.17, 15) is 15.0 Å². The van der Waals surface area contributed by atoms with E-state index in [2.05, 4.69) is 12.2 Å². The SMILES string of the molecule is CC(C)OC(=O)CCC/C=C\C[C@@H]1[C@@H](/C=C/CCOc2ccccc2)[C@H](O)C[C@@H]1O. The van der Waals surface area contributed by atoms with Crippen LogP contribution in [0.1, 0.15) is 52.4 Å². The number of aliphatic hydroxyl groups excluding tert-OH is 2. The molecule has 2 N–H and O–H groups in total. The summed E-state index contributed by atoms with van der Waals surface area (Å²) in [5.74, 6) is 0.646. The van der Waals surface area contributed by atoms with Crippen molar-refractivity contribution in [2.45, 2.75) is 70.7 Å². The molecular formula is C25H36O5. The van der Waals surface area contributed by atoms with Crippen molar-refractivity contribution < 1.29 is 24.5 Å². The van der Waals surface area contributed by atoms with Crippen molar-refractivity contribution in [2.24, 2.45) is 11.8 Å². The first-order chi connectivity index (χ1) is 14.5. The maximum Gasteiger partial charge on any atom is 0.306 e. The molecule has 30 heavy (non-hydrogen) atoms. The average Bonchev–Trinajstić information content (AvgIpc) is 2.97. The second-order valence-corrected chi connectivity index (χ2v) is 8.13. The van der Waals surface area contributed by atoms with Crippen molar-refractivity contribution in [1.29, 1.82) is 0 Å². The minimum atomic E-state index is -0.518. The van der Waals surface area contributed by atoms with Gasteiger partial charge in [-0.05, 0) is 57.6 Å². The molecule has 166 valence electrons. The number of aliphatic hydroxyl groups is 2. The van der Waals surface area contributed by atoms with Gasteiger partial charge in [0.25, 0.3) is 0 Å². The zero-order valence-corrected chi connectivity index (χ0v) is 18.2. The van der Waals surface area contributed by atoms with Gasteiger partial charge in [-0.25, -0.2) is 0 Å². The number of unbranched alkanes of at least 4 members (excludes halogenated alkanes) is 1. The molecule has 4 atom stereocenters. The zero-order chi connectivity index (χ0) is 21.8. The lowest BCUT2D eigenvalue weighted by Crippen LogP contribution is -2.19. The lowest BCUT2D eigenvalue weighted by molar-refractivity contribution is -0.147. The molecule has 5 heteroatoms. The Morgan fingerprint density at radius 1 is 1.10 bits per heavy atom. The summed E-state index contributed by atoms with van der Waals surface area (Å²) in [7, 11) is 0. The first-order valence-electron chi connectivity index (χ1n) is 11.0. The van der Waals surface area contributed by atoms with Gasteiger partial charge < -0.3 is 19.7 Å². The van der Waals surface area contributed by atoms with E-state index in [4.69, 9.17) is 9.47 Å². The lowest BCUT2D eigenvalue weighted by Gasteiger charge is -2.19. The fourth-order valence-electron chi connectivity index (χ4n) is 3.78. The molecule has 0 aromatic heterocycles. The summed E-state index contributed by atoms with van der Waals surface area (Å²) in [5.41, 5.74) is 0. The predicted octanol–water partition coefficient (Wildman–Crippen LogP) is 4.44. The van der Waals surface area contributed by atoms with Crippen LogP contribution in [-0.2, 0) is 9.53 Å². The quantitative estimate of drug-likeness (QED) is 0.299. The summed E-state index contributed by atoms with van der Waals surface area (Å²) in [6.07, 6.45) is 10.9. The second-order valence-electron chi connectivity index (χ2n) is 8.13. The zero-order valence-electron chi connectivity index (χ0n) is 18.2. The van der Waals surface area contributed by atoms with E-state index < -0.39 is 12.2 Å². The molecule has 0 bridgehead atoms. The fraction of sp³-hybridized carbons (Fsp3) is 0.560. The van der Waals surface area contributed by atoms with Crippen LogP contribution in [0.25, 0.3) is 0 Å². The molecular weight excluding hydrogens is 380 g/mol. The standard InChI is InChI=1S/C25H36O5/c1-19(2)30-25(28)16-9-4-3-8-14-21-22(24(27)18-23(21)26)15-10-11-17-29-20-12-6-5-7-13-20/h3,5-8,10,12-13,15,19,21-24,26-27H,4,9,11,14,16-18H2,1-2H3/b8-3-,15-10+/t21-,22-,23+,24-/m1/s1. The van der Waals surface area contributed by atoms with Crippen LogP contribution in [0.5, 0.6) is 5.75 Å². The Kier molecular flexibility index (Phi) is 10.7. The largest absolute Gasteiger partial charge is 0.493 e. The van der Waals surface area contributed by atoms with Gasteiger partial charge in [0.2, 0.25) is 0 Å². The fourth-order valence-corrected chi connectivity index (χ4v) is 3.78. The van der Waals surface area contributed by atoms with Crippen LogP contribution in [0.2, 0.25) is 0 Å². The van der Waals surface area contributed by atoms with Crippen molar-refractivity contribution in [3.63, 3.8) is 0 Å². The number of allylic oxidation sites excluding steroid dienone is 2. The summed E-state index contributed by atoms with van der Waals surface area (Å²) in [6.45, 7) is 4.27. The van der Waals surface area contributed by atoms with Crippen molar-refractivity contribution in [2.75, 3.05) is 6.61 Å². The first-order valence-corrected chi connectivity index (χ1v) is 11.0. The molecule has 0 aliphatic heterocycles. The van der Waals surface area contributed by atoms with Crippen molar-refractivity contribution in [1.82, 2.24) is 0 Å². The highest BCUT2D eigenvalue weighted by molar-refractivity contribution is 5.69. The third kappa shape index (κ3) is 8.72. The number of hydrogen-bond acceptors (Lipinski definition) is 5. The summed E-state index contributed by atoms with van der Waals surface area (Å²) in [4.78, 5) is 11.5. The molecule has 1 aliphatic rings. The third-order valence-electron chi connectivity index (χ3n) is 5.26. The number of rotatable bonds is 12. The van der Waals surface area contributed by atoms with E-state index in [1.165, 1.54) is 0 Å². The molecule has 1 aromatic carbocycles. The summed E-state index contributed by atoms with van der Waals surface area (Å²) in [5, 5.41) is 20.6. The predicted molar refractivity (Wildman–Crippen MR) is 118 cm³/mol.